The summed E-state index contributed by atoms with van der Waals surface area (Å²) in [4.78, 5) is 21.8. The molecule has 0 bridgehead atoms. The van der Waals surface area contributed by atoms with E-state index in [1.165, 1.54) is 6.92 Å². The number of primary amides is 1. The minimum absolute atomic E-state index is 0.0711. The van der Waals surface area contributed by atoms with Gasteiger partial charge >= 0.3 is 0 Å². The Bertz CT molecular complexity index is 430. The van der Waals surface area contributed by atoms with E-state index in [-0.39, 0.29) is 12.2 Å². The van der Waals surface area contributed by atoms with Crippen LogP contribution in [0.3, 0.4) is 0 Å². The number of hydrogen-bond donors (Lipinski definition) is 3. The second kappa shape index (κ2) is 5.56. The van der Waals surface area contributed by atoms with Crippen LogP contribution in [0.1, 0.15) is 24.2 Å². The Kier molecular flexibility index (Phi) is 4.37. The molecular weight excluding hydrogens is 222 g/mol. The molecule has 17 heavy (non-hydrogen) atoms. The third-order valence-corrected chi connectivity index (χ3v) is 2.40. The molecule has 1 amide bonds. The Morgan fingerprint density at radius 2 is 1.88 bits per heavy atom. The van der Waals surface area contributed by atoms with Gasteiger partial charge in [-0.25, -0.2) is 0 Å². The highest BCUT2D eigenvalue weighted by molar-refractivity contribution is 5.80. The van der Waals surface area contributed by atoms with E-state index in [2.05, 4.69) is 0 Å². The average Bonchev–Trinajstić information content (AvgIpc) is 2.27. The van der Waals surface area contributed by atoms with Crippen LogP contribution in [0.15, 0.2) is 24.3 Å². The van der Waals surface area contributed by atoms with Crippen molar-refractivity contribution in [2.24, 2.45) is 5.73 Å². The van der Waals surface area contributed by atoms with Gasteiger partial charge in [-0.15, -0.1) is 0 Å². The van der Waals surface area contributed by atoms with Crippen molar-refractivity contribution in [3.05, 3.63) is 35.4 Å². The highest BCUT2D eigenvalue weighted by Gasteiger charge is 2.25. The third kappa shape index (κ3) is 3.37. The zero-order chi connectivity index (χ0) is 13.0. The second-order valence-electron chi connectivity index (χ2n) is 3.87. The normalized spacial score (nSPS) is 14.1. The number of rotatable bonds is 5. The van der Waals surface area contributed by atoms with Gasteiger partial charge in [0.15, 0.2) is 6.10 Å². The van der Waals surface area contributed by atoms with Crippen LogP contribution >= 0.6 is 0 Å². The topological polar surface area (TPSA) is 101 Å². The zero-order valence-corrected chi connectivity index (χ0v) is 9.46. The van der Waals surface area contributed by atoms with E-state index in [9.17, 15) is 19.8 Å². The summed E-state index contributed by atoms with van der Waals surface area (Å²) in [5, 5.41) is 19.2. The van der Waals surface area contributed by atoms with Crippen LogP contribution in [0, 0.1) is 0 Å². The van der Waals surface area contributed by atoms with Gasteiger partial charge in [-0.05, 0) is 18.1 Å². The molecule has 0 radical (unpaired) electrons. The molecule has 1 aromatic rings. The highest BCUT2D eigenvalue weighted by atomic mass is 16.3. The van der Waals surface area contributed by atoms with Gasteiger partial charge in [0.1, 0.15) is 11.9 Å². The molecule has 5 heteroatoms. The van der Waals surface area contributed by atoms with Crippen LogP contribution in [-0.4, -0.2) is 28.0 Å². The number of benzene rings is 1. The molecule has 0 spiro atoms. The van der Waals surface area contributed by atoms with Gasteiger partial charge in [0.2, 0.25) is 5.91 Å². The van der Waals surface area contributed by atoms with E-state index in [1.54, 1.807) is 24.3 Å². The molecule has 0 fully saturated rings. The molecular formula is C12H15NO4. The van der Waals surface area contributed by atoms with E-state index >= 15 is 0 Å². The quantitative estimate of drug-likeness (QED) is 0.654. The van der Waals surface area contributed by atoms with Crippen LogP contribution in [0.5, 0.6) is 0 Å². The van der Waals surface area contributed by atoms with Gasteiger partial charge in [-0.3, -0.25) is 9.59 Å². The Morgan fingerprint density at radius 3 is 2.41 bits per heavy atom. The lowest BCUT2D eigenvalue weighted by atomic mass is 9.95. The monoisotopic (exact) mass is 237 g/mol. The number of Topliss-reactive ketones (excluding diaryl/α,β-unsaturated/α-hetero) is 1. The number of ketones is 1. The van der Waals surface area contributed by atoms with Crippen LogP contribution in [0.25, 0.3) is 0 Å². The van der Waals surface area contributed by atoms with Crippen molar-refractivity contribution in [2.75, 3.05) is 0 Å². The first-order valence-electron chi connectivity index (χ1n) is 5.16. The number of carbonyl (C=O) groups excluding carboxylic acids is 2. The lowest BCUT2D eigenvalue weighted by molar-refractivity contribution is -0.132. The van der Waals surface area contributed by atoms with E-state index in [0.29, 0.717) is 11.1 Å². The van der Waals surface area contributed by atoms with Gasteiger partial charge in [0.05, 0.1) is 0 Å². The predicted molar refractivity (Wildman–Crippen MR) is 61.0 cm³/mol. The van der Waals surface area contributed by atoms with Gasteiger partial charge < -0.3 is 15.9 Å². The molecule has 0 saturated carbocycles. The Balaban J connectivity index is 3.04. The van der Waals surface area contributed by atoms with Crippen molar-refractivity contribution in [1.82, 2.24) is 0 Å². The molecule has 0 aliphatic carbocycles. The molecule has 1 rings (SSSR count). The summed E-state index contributed by atoms with van der Waals surface area (Å²) in [7, 11) is 0. The van der Waals surface area contributed by atoms with Crippen LogP contribution < -0.4 is 5.73 Å². The number of carbonyl (C=O) groups is 2. The zero-order valence-electron chi connectivity index (χ0n) is 9.46. The Morgan fingerprint density at radius 1 is 1.29 bits per heavy atom. The summed E-state index contributed by atoms with van der Waals surface area (Å²) in [5.74, 6) is -1.08. The minimum Gasteiger partial charge on any atom is -0.385 e. The summed E-state index contributed by atoms with van der Waals surface area (Å²) in [6.07, 6.45) is -2.95. The number of aliphatic hydroxyl groups excluding tert-OH is 2. The van der Waals surface area contributed by atoms with Crippen LogP contribution in [0.2, 0.25) is 0 Å². The summed E-state index contributed by atoms with van der Waals surface area (Å²) in [6, 6.07) is 6.57. The lowest BCUT2D eigenvalue weighted by Crippen LogP contribution is -2.34. The molecule has 0 aromatic heterocycles. The standard InChI is InChI=1S/C12H15NO4/c1-7(14)6-8-4-2-3-5-9(8)10(15)11(16)12(13)17/h2-5,10-11,15-16H,6H2,1H3,(H2,13,17). The maximum Gasteiger partial charge on any atom is 0.249 e. The molecule has 0 aliphatic heterocycles. The molecule has 4 N–H and O–H groups in total. The molecule has 1 aromatic carbocycles. The predicted octanol–water partition coefficient (Wildman–Crippen LogP) is -0.302. The average molecular weight is 237 g/mol. The van der Waals surface area contributed by atoms with Gasteiger partial charge in [0, 0.05) is 6.42 Å². The fraction of sp³-hybridized carbons (Fsp3) is 0.333. The molecule has 0 aliphatic rings. The number of nitrogens with two attached hydrogens (primary N) is 1. The maximum absolute atomic E-state index is 11.1. The lowest BCUT2D eigenvalue weighted by Gasteiger charge is -2.18. The molecule has 0 saturated heterocycles. The molecule has 92 valence electrons. The number of amides is 1. The van der Waals surface area contributed by atoms with Crippen LogP contribution in [0.4, 0.5) is 0 Å². The summed E-state index contributed by atoms with van der Waals surface area (Å²) < 4.78 is 0. The summed E-state index contributed by atoms with van der Waals surface area (Å²) in [5.41, 5.74) is 5.83. The Hall–Kier alpha value is -1.72. The first kappa shape index (κ1) is 13.3. The third-order valence-electron chi connectivity index (χ3n) is 2.40. The van der Waals surface area contributed by atoms with Crippen molar-refractivity contribution in [2.45, 2.75) is 25.6 Å². The van der Waals surface area contributed by atoms with Crippen molar-refractivity contribution in [3.63, 3.8) is 0 Å². The van der Waals surface area contributed by atoms with Crippen molar-refractivity contribution in [3.8, 4) is 0 Å². The second-order valence-corrected chi connectivity index (χ2v) is 3.87. The minimum atomic E-state index is -1.68. The molecule has 5 nitrogen and oxygen atoms in total. The largest absolute Gasteiger partial charge is 0.385 e. The first-order valence-corrected chi connectivity index (χ1v) is 5.16. The number of aliphatic hydroxyl groups is 2. The summed E-state index contributed by atoms with van der Waals surface area (Å²) >= 11 is 0. The maximum atomic E-state index is 11.1. The molecule has 2 unspecified atom stereocenters. The van der Waals surface area contributed by atoms with Crippen molar-refractivity contribution >= 4 is 11.7 Å². The highest BCUT2D eigenvalue weighted by Crippen LogP contribution is 2.21. The smallest absolute Gasteiger partial charge is 0.249 e. The van der Waals surface area contributed by atoms with Gasteiger partial charge in [-0.2, -0.15) is 0 Å². The van der Waals surface area contributed by atoms with Crippen LogP contribution in [-0.2, 0) is 16.0 Å². The van der Waals surface area contributed by atoms with Gasteiger partial charge in [-0.1, -0.05) is 24.3 Å². The van der Waals surface area contributed by atoms with E-state index in [4.69, 9.17) is 5.73 Å². The SMILES string of the molecule is CC(=O)Cc1ccccc1C(O)C(O)C(N)=O. The van der Waals surface area contributed by atoms with E-state index in [1.807, 2.05) is 0 Å². The van der Waals surface area contributed by atoms with Crippen molar-refractivity contribution < 1.29 is 19.8 Å². The fourth-order valence-corrected chi connectivity index (χ4v) is 1.58. The van der Waals surface area contributed by atoms with E-state index < -0.39 is 18.1 Å². The summed E-state index contributed by atoms with van der Waals surface area (Å²) in [6.45, 7) is 1.42. The first-order chi connectivity index (χ1) is 7.93. The molecule has 0 heterocycles. The van der Waals surface area contributed by atoms with E-state index in [0.717, 1.165) is 0 Å². The molecule has 2 atom stereocenters. The number of hydrogen-bond acceptors (Lipinski definition) is 4. The van der Waals surface area contributed by atoms with Crippen molar-refractivity contribution in [1.29, 1.82) is 0 Å². The Labute approximate surface area is 98.9 Å². The fourth-order valence-electron chi connectivity index (χ4n) is 1.58. The van der Waals surface area contributed by atoms with Gasteiger partial charge in [0.25, 0.3) is 0 Å².